The highest BCUT2D eigenvalue weighted by molar-refractivity contribution is 6.04. The lowest BCUT2D eigenvalue weighted by atomic mass is 9.85. The molecule has 12 rings (SSSR count). The summed E-state index contributed by atoms with van der Waals surface area (Å²) in [6, 6.07) is 43.5. The van der Waals surface area contributed by atoms with Crippen LogP contribution in [0.25, 0.3) is 0 Å². The minimum atomic E-state index is 0. The van der Waals surface area contributed by atoms with E-state index in [1.54, 1.807) is 42.7 Å². The highest BCUT2D eigenvalue weighted by atomic mass is 35.5. The highest BCUT2D eigenvalue weighted by Crippen LogP contribution is 2.43. The van der Waals surface area contributed by atoms with Gasteiger partial charge in [-0.15, -0.1) is 24.8 Å². The van der Waals surface area contributed by atoms with Crippen LogP contribution in [0.2, 0.25) is 0 Å². The molecule has 0 amide bonds. The van der Waals surface area contributed by atoms with Crippen molar-refractivity contribution in [3.63, 3.8) is 0 Å². The van der Waals surface area contributed by atoms with Crippen LogP contribution < -0.4 is 28.4 Å². The van der Waals surface area contributed by atoms with Crippen molar-refractivity contribution < 1.29 is 42.8 Å². The summed E-state index contributed by atoms with van der Waals surface area (Å²) in [5.74, 6) is 7.15. The third-order valence-corrected chi connectivity index (χ3v) is 18.9. The number of nitrogens with zero attached hydrogens (tertiary/aromatic N) is 3. The predicted octanol–water partition coefficient (Wildman–Crippen LogP) is 13.9. The molecule has 3 heterocycles. The number of likely N-dealkylation sites (tertiary alicyclic amines) is 3. The summed E-state index contributed by atoms with van der Waals surface area (Å²) in [5.41, 5.74) is 9.93. The van der Waals surface area contributed by atoms with E-state index in [0.717, 1.165) is 131 Å². The molecule has 86 heavy (non-hydrogen) atoms. The molecule has 3 unspecified atom stereocenters. The SMILES string of the molecule is COc1cc2c(cc1OC)C(=O)C(CC1CCN(Cc3ccccc3)CC1)C2.COc1cc2c(cc1OC)C(=O)C(CC1CCN(Cc3ccccc3)CC1)C2.COc1cc2c(cc1OC)C(=O)C(CC1CCN(Cc3ccccc3)CC1)C2.Cl.Cl. The number of carbonyl (C=O) groups is 3. The summed E-state index contributed by atoms with van der Waals surface area (Å²) < 4.78 is 32.3. The van der Waals surface area contributed by atoms with Gasteiger partial charge in [0, 0.05) is 54.1 Å². The Morgan fingerprint density at radius 2 is 0.558 bits per heavy atom. The molecule has 3 fully saturated rings. The van der Waals surface area contributed by atoms with Crippen LogP contribution in [0.1, 0.15) is 122 Å². The van der Waals surface area contributed by atoms with Crippen molar-refractivity contribution in [3.8, 4) is 34.5 Å². The molecule has 6 aliphatic rings. The number of benzene rings is 6. The number of ether oxygens (including phenoxy) is 6. The molecule has 14 heteroatoms. The van der Waals surface area contributed by atoms with Crippen molar-refractivity contribution in [1.29, 1.82) is 0 Å². The number of rotatable bonds is 18. The summed E-state index contributed by atoms with van der Waals surface area (Å²) in [4.78, 5) is 46.4. The molecule has 460 valence electrons. The van der Waals surface area contributed by atoms with E-state index in [1.165, 1.54) is 55.2 Å². The first kappa shape index (κ1) is 65.6. The standard InChI is InChI=1S/3C24H29NO3.2ClH/c3*1-27-22-14-19-13-20(24(26)21(19)15-23(22)28-2)12-17-8-10-25(11-9-17)16-18-6-4-3-5-7-18;;/h3*3-7,14-15,17,20H,8-13,16H2,1-2H3;2*1H. The predicted molar refractivity (Wildman–Crippen MR) is 345 cm³/mol. The number of ketones is 3. The number of fused-ring (bicyclic) bond motifs is 3. The minimum Gasteiger partial charge on any atom is -0.493 e. The quantitative estimate of drug-likeness (QED) is 0.0816. The van der Waals surface area contributed by atoms with Crippen LogP contribution in [0, 0.1) is 35.5 Å². The summed E-state index contributed by atoms with van der Waals surface area (Å²) >= 11 is 0. The van der Waals surface area contributed by atoms with Gasteiger partial charge in [-0.1, -0.05) is 91.0 Å². The van der Waals surface area contributed by atoms with Gasteiger partial charge in [0.05, 0.1) is 42.7 Å². The summed E-state index contributed by atoms with van der Waals surface area (Å²) in [7, 11) is 9.77. The molecule has 3 aliphatic heterocycles. The molecule has 6 aromatic carbocycles. The first-order valence-electron chi connectivity index (χ1n) is 30.7. The number of methoxy groups -OCH3 is 6. The number of halogens is 2. The molecule has 3 aliphatic carbocycles. The zero-order valence-electron chi connectivity index (χ0n) is 51.3. The van der Waals surface area contributed by atoms with E-state index in [2.05, 4.69) is 106 Å². The topological polar surface area (TPSA) is 116 Å². The van der Waals surface area contributed by atoms with Gasteiger partial charge in [0.25, 0.3) is 0 Å². The van der Waals surface area contributed by atoms with Crippen LogP contribution in [0.15, 0.2) is 127 Å². The number of Topliss-reactive ketones (excluding diaryl/α,β-unsaturated/α-hetero) is 3. The Morgan fingerprint density at radius 3 is 0.779 bits per heavy atom. The van der Waals surface area contributed by atoms with E-state index < -0.39 is 0 Å². The fourth-order valence-corrected chi connectivity index (χ4v) is 14.1. The molecule has 0 radical (unpaired) electrons. The van der Waals surface area contributed by atoms with Gasteiger partial charge in [0.2, 0.25) is 0 Å². The van der Waals surface area contributed by atoms with Crippen LogP contribution >= 0.6 is 24.8 Å². The Hall–Kier alpha value is -6.41. The Kier molecular flexibility index (Phi) is 24.0. The average molecular weight is 1210 g/mol. The smallest absolute Gasteiger partial charge is 0.166 e. The second-order valence-corrected chi connectivity index (χ2v) is 24.2. The number of hydrogen-bond donors (Lipinski definition) is 0. The van der Waals surface area contributed by atoms with E-state index in [0.29, 0.717) is 52.3 Å². The van der Waals surface area contributed by atoms with Crippen LogP contribution in [0.5, 0.6) is 34.5 Å². The van der Waals surface area contributed by atoms with Crippen molar-refractivity contribution >= 4 is 42.2 Å². The highest BCUT2D eigenvalue weighted by Gasteiger charge is 2.38. The Labute approximate surface area is 523 Å². The van der Waals surface area contributed by atoms with Crippen molar-refractivity contribution in [2.75, 3.05) is 81.9 Å². The summed E-state index contributed by atoms with van der Waals surface area (Å²) in [5, 5.41) is 0. The van der Waals surface area contributed by atoms with Gasteiger partial charge >= 0.3 is 0 Å². The van der Waals surface area contributed by atoms with E-state index in [-0.39, 0.29) is 59.9 Å². The first-order chi connectivity index (χ1) is 41.0. The summed E-state index contributed by atoms with van der Waals surface area (Å²) in [6.45, 7) is 9.81. The Morgan fingerprint density at radius 1 is 0.337 bits per heavy atom. The summed E-state index contributed by atoms with van der Waals surface area (Å²) in [6.07, 6.45) is 12.6. The fraction of sp³-hybridized carbons (Fsp3) is 0.458. The molecule has 0 spiro atoms. The first-order valence-corrected chi connectivity index (χ1v) is 30.7. The molecular formula is C72H89Cl2N3O9. The van der Waals surface area contributed by atoms with Crippen LogP contribution in [0.4, 0.5) is 0 Å². The maximum atomic E-state index is 12.9. The zero-order valence-corrected chi connectivity index (χ0v) is 52.9. The number of carbonyl (C=O) groups excluding carboxylic acids is 3. The molecule has 0 bridgehead atoms. The second kappa shape index (κ2) is 31.5. The van der Waals surface area contributed by atoms with Crippen molar-refractivity contribution in [1.82, 2.24) is 14.7 Å². The van der Waals surface area contributed by atoms with Crippen LogP contribution in [0.3, 0.4) is 0 Å². The molecule has 12 nitrogen and oxygen atoms in total. The third kappa shape index (κ3) is 16.2. The van der Waals surface area contributed by atoms with Crippen molar-refractivity contribution in [3.05, 3.63) is 177 Å². The molecule has 0 saturated carbocycles. The number of hydrogen-bond acceptors (Lipinski definition) is 12. The van der Waals surface area contributed by atoms with E-state index >= 15 is 0 Å². The Balaban J connectivity index is 0.000000166. The van der Waals surface area contributed by atoms with Crippen molar-refractivity contribution in [2.45, 2.75) is 96.7 Å². The van der Waals surface area contributed by atoms with Gasteiger partial charge in [0.15, 0.2) is 51.8 Å². The van der Waals surface area contributed by atoms with Gasteiger partial charge in [-0.2, -0.15) is 0 Å². The molecular weight excluding hydrogens is 1120 g/mol. The van der Waals surface area contributed by atoms with E-state index in [1.807, 2.05) is 36.4 Å². The largest absolute Gasteiger partial charge is 0.493 e. The third-order valence-electron chi connectivity index (χ3n) is 18.9. The normalized spacial score (nSPS) is 19.7. The molecule has 6 aromatic rings. The van der Waals surface area contributed by atoms with Gasteiger partial charge in [-0.05, 0) is 204 Å². The molecule has 0 N–H and O–H groups in total. The van der Waals surface area contributed by atoms with E-state index in [9.17, 15) is 14.4 Å². The lowest BCUT2D eigenvalue weighted by molar-refractivity contribution is 0.0889. The number of piperidine rings is 3. The van der Waals surface area contributed by atoms with Gasteiger partial charge in [0.1, 0.15) is 0 Å². The fourth-order valence-electron chi connectivity index (χ4n) is 14.1. The second-order valence-electron chi connectivity index (χ2n) is 24.2. The lowest BCUT2D eigenvalue weighted by Crippen LogP contribution is -2.34. The maximum Gasteiger partial charge on any atom is 0.166 e. The molecule has 3 atom stereocenters. The van der Waals surface area contributed by atoms with Crippen molar-refractivity contribution in [2.24, 2.45) is 35.5 Å². The monoisotopic (exact) mass is 1210 g/mol. The van der Waals surface area contributed by atoms with Crippen LogP contribution in [-0.4, -0.2) is 114 Å². The molecule has 0 aromatic heterocycles. The lowest BCUT2D eigenvalue weighted by Gasteiger charge is -2.32. The minimum absolute atomic E-state index is 0. The van der Waals surface area contributed by atoms with Gasteiger partial charge < -0.3 is 28.4 Å². The zero-order chi connectivity index (χ0) is 58.5. The molecule has 3 saturated heterocycles. The average Bonchev–Trinajstić information content (AvgIpc) is 2.10. The van der Waals surface area contributed by atoms with Gasteiger partial charge in [-0.25, -0.2) is 0 Å². The maximum absolute atomic E-state index is 12.9. The van der Waals surface area contributed by atoms with E-state index in [4.69, 9.17) is 28.4 Å². The Bertz CT molecular complexity index is 2820. The van der Waals surface area contributed by atoms with Crippen LogP contribution in [-0.2, 0) is 38.9 Å². The van der Waals surface area contributed by atoms with Gasteiger partial charge in [-0.3, -0.25) is 29.1 Å².